The second-order valence-corrected chi connectivity index (χ2v) is 4.89. The normalized spacial score (nSPS) is 19.4. The molecule has 1 aromatic heterocycles. The van der Waals surface area contributed by atoms with Gasteiger partial charge in [0.1, 0.15) is 0 Å². The van der Waals surface area contributed by atoms with Gasteiger partial charge in [-0.25, -0.2) is 4.98 Å². The number of imidazole rings is 1. The fraction of sp³-hybridized carbons (Fsp3) is 0.750. The molecule has 1 aliphatic rings. The van der Waals surface area contributed by atoms with Crippen molar-refractivity contribution in [1.82, 2.24) is 20.6 Å². The summed E-state index contributed by atoms with van der Waals surface area (Å²) in [7, 11) is 0. The predicted molar refractivity (Wildman–Crippen MR) is 65.7 cm³/mol. The van der Waals surface area contributed by atoms with Gasteiger partial charge in [-0.15, -0.1) is 0 Å². The number of nitrogens with zero attached hydrogens (tertiary/aromatic N) is 1. The molecule has 0 saturated carbocycles. The van der Waals surface area contributed by atoms with Gasteiger partial charge in [-0.2, -0.15) is 13.2 Å². The summed E-state index contributed by atoms with van der Waals surface area (Å²) in [6.07, 6.45) is -1.42. The Kier molecular flexibility index (Phi) is 4.81. The largest absolute Gasteiger partial charge is 0.389 e. The zero-order chi connectivity index (χ0) is 13.7. The first-order valence-electron chi connectivity index (χ1n) is 6.56. The molecule has 0 fully saturated rings. The molecule has 0 aliphatic carbocycles. The van der Waals surface area contributed by atoms with Crippen LogP contribution in [0.3, 0.4) is 0 Å². The van der Waals surface area contributed by atoms with Crippen LogP contribution in [0.2, 0.25) is 0 Å². The molecule has 0 saturated heterocycles. The van der Waals surface area contributed by atoms with Crippen molar-refractivity contribution in [3.63, 3.8) is 0 Å². The van der Waals surface area contributed by atoms with E-state index in [-0.39, 0.29) is 6.42 Å². The summed E-state index contributed by atoms with van der Waals surface area (Å²) in [5.74, 6) is 0. The molecule has 108 valence electrons. The Morgan fingerprint density at radius 1 is 1.37 bits per heavy atom. The van der Waals surface area contributed by atoms with Gasteiger partial charge in [-0.05, 0) is 19.4 Å². The summed E-state index contributed by atoms with van der Waals surface area (Å²) < 4.78 is 35.8. The number of H-pyrrole nitrogens is 1. The molecule has 0 amide bonds. The van der Waals surface area contributed by atoms with Crippen molar-refractivity contribution >= 4 is 0 Å². The van der Waals surface area contributed by atoms with Gasteiger partial charge in [0.05, 0.1) is 17.7 Å². The molecule has 2 rings (SSSR count). The maximum absolute atomic E-state index is 11.9. The number of nitrogens with one attached hydrogen (secondary N) is 3. The molecule has 0 aromatic carbocycles. The number of hydrogen-bond acceptors (Lipinski definition) is 3. The first kappa shape index (κ1) is 14.3. The second-order valence-electron chi connectivity index (χ2n) is 4.89. The monoisotopic (exact) mass is 276 g/mol. The molecule has 0 bridgehead atoms. The van der Waals surface area contributed by atoms with E-state index in [1.807, 2.05) is 0 Å². The van der Waals surface area contributed by atoms with Crippen molar-refractivity contribution in [1.29, 1.82) is 0 Å². The Hall–Kier alpha value is -1.08. The standard InChI is InChI=1S/C12H19F3N4/c13-12(14,15)3-1-2-4-16-6-9-5-10-11(7-17-9)19-8-18-10/h8-9,16-17H,1-7H2,(H,18,19). The zero-order valence-electron chi connectivity index (χ0n) is 10.7. The van der Waals surface area contributed by atoms with E-state index < -0.39 is 12.6 Å². The van der Waals surface area contributed by atoms with Crippen molar-refractivity contribution in [2.24, 2.45) is 0 Å². The van der Waals surface area contributed by atoms with Gasteiger partial charge in [0.15, 0.2) is 0 Å². The summed E-state index contributed by atoms with van der Waals surface area (Å²) in [6, 6.07) is 0.304. The van der Waals surface area contributed by atoms with E-state index in [1.165, 1.54) is 0 Å². The fourth-order valence-electron chi connectivity index (χ4n) is 2.23. The highest BCUT2D eigenvalue weighted by Gasteiger charge is 2.25. The molecule has 0 radical (unpaired) electrons. The number of halogens is 3. The number of hydrogen-bond donors (Lipinski definition) is 3. The van der Waals surface area contributed by atoms with Crippen molar-refractivity contribution in [3.8, 4) is 0 Å². The zero-order valence-corrected chi connectivity index (χ0v) is 10.7. The van der Waals surface area contributed by atoms with Crippen molar-refractivity contribution < 1.29 is 13.2 Å². The molecule has 3 N–H and O–H groups in total. The molecule has 2 heterocycles. The highest BCUT2D eigenvalue weighted by Crippen LogP contribution is 2.21. The van der Waals surface area contributed by atoms with E-state index in [2.05, 4.69) is 20.6 Å². The van der Waals surface area contributed by atoms with E-state index in [0.29, 0.717) is 19.0 Å². The maximum Gasteiger partial charge on any atom is 0.389 e. The van der Waals surface area contributed by atoms with Crippen molar-refractivity contribution in [2.75, 3.05) is 13.1 Å². The number of aromatic amines is 1. The molecule has 1 unspecified atom stereocenters. The van der Waals surface area contributed by atoms with Gasteiger partial charge < -0.3 is 15.6 Å². The van der Waals surface area contributed by atoms with Gasteiger partial charge in [0, 0.05) is 32.0 Å². The number of unbranched alkanes of at least 4 members (excludes halogenated alkanes) is 1. The third-order valence-electron chi connectivity index (χ3n) is 3.27. The number of aromatic nitrogens is 2. The number of rotatable bonds is 6. The van der Waals surface area contributed by atoms with Crippen LogP contribution in [0, 0.1) is 0 Å². The van der Waals surface area contributed by atoms with Gasteiger partial charge in [-0.3, -0.25) is 0 Å². The second kappa shape index (κ2) is 6.38. The lowest BCUT2D eigenvalue weighted by molar-refractivity contribution is -0.135. The molecule has 1 atom stereocenters. The van der Waals surface area contributed by atoms with Gasteiger partial charge in [0.25, 0.3) is 0 Å². The molecule has 7 heteroatoms. The minimum atomic E-state index is -4.03. The summed E-state index contributed by atoms with van der Waals surface area (Å²) in [4.78, 5) is 7.32. The summed E-state index contributed by atoms with van der Waals surface area (Å²) >= 11 is 0. The Labute approximate surface area is 110 Å². The first-order chi connectivity index (χ1) is 9.04. The van der Waals surface area contributed by atoms with E-state index >= 15 is 0 Å². The van der Waals surface area contributed by atoms with E-state index in [0.717, 1.165) is 30.9 Å². The summed E-state index contributed by atoms with van der Waals surface area (Å²) in [6.45, 7) is 2.16. The van der Waals surface area contributed by atoms with Gasteiger partial charge >= 0.3 is 6.18 Å². The minimum absolute atomic E-state index is 0.193. The number of fused-ring (bicyclic) bond motifs is 1. The quantitative estimate of drug-likeness (QED) is 0.694. The maximum atomic E-state index is 11.9. The highest BCUT2D eigenvalue weighted by molar-refractivity contribution is 5.15. The van der Waals surface area contributed by atoms with Crippen LogP contribution in [0.5, 0.6) is 0 Å². The fourth-order valence-corrected chi connectivity index (χ4v) is 2.23. The third-order valence-corrected chi connectivity index (χ3v) is 3.27. The van der Waals surface area contributed by atoms with E-state index in [1.54, 1.807) is 6.33 Å². The van der Waals surface area contributed by atoms with Crippen LogP contribution in [-0.2, 0) is 13.0 Å². The van der Waals surface area contributed by atoms with Crippen LogP contribution in [0.4, 0.5) is 13.2 Å². The summed E-state index contributed by atoms with van der Waals surface area (Å²) in [5, 5.41) is 6.56. The Balaban J connectivity index is 1.55. The van der Waals surface area contributed by atoms with E-state index in [9.17, 15) is 13.2 Å². The van der Waals surface area contributed by atoms with Crippen LogP contribution in [0.15, 0.2) is 6.33 Å². The predicted octanol–water partition coefficient (Wildman–Crippen LogP) is 1.75. The molecular formula is C12H19F3N4. The molecule has 1 aromatic rings. The number of alkyl halides is 3. The van der Waals surface area contributed by atoms with Gasteiger partial charge in [0.2, 0.25) is 0 Å². The van der Waals surface area contributed by atoms with Crippen molar-refractivity contribution in [3.05, 3.63) is 17.7 Å². The Bertz CT molecular complexity index is 389. The molecule has 4 nitrogen and oxygen atoms in total. The lowest BCUT2D eigenvalue weighted by Crippen LogP contribution is -2.43. The first-order valence-corrected chi connectivity index (χ1v) is 6.56. The van der Waals surface area contributed by atoms with Gasteiger partial charge in [-0.1, -0.05) is 0 Å². The Morgan fingerprint density at radius 3 is 3.00 bits per heavy atom. The molecule has 1 aliphatic heterocycles. The smallest absolute Gasteiger partial charge is 0.347 e. The van der Waals surface area contributed by atoms with Crippen molar-refractivity contribution in [2.45, 2.75) is 44.4 Å². The van der Waals surface area contributed by atoms with Crippen LogP contribution in [-0.4, -0.2) is 35.3 Å². The average Bonchev–Trinajstić information content (AvgIpc) is 2.79. The third kappa shape index (κ3) is 4.83. The molecular weight excluding hydrogens is 257 g/mol. The SMILES string of the molecule is FC(F)(F)CCCCNCC1Cc2nc[nH]c2CN1. The topological polar surface area (TPSA) is 52.7 Å². The minimum Gasteiger partial charge on any atom is -0.347 e. The van der Waals surface area contributed by atoms with Crippen LogP contribution in [0.25, 0.3) is 0 Å². The lowest BCUT2D eigenvalue weighted by Gasteiger charge is -2.23. The Morgan fingerprint density at radius 2 is 2.21 bits per heavy atom. The molecule has 19 heavy (non-hydrogen) atoms. The lowest BCUT2D eigenvalue weighted by atomic mass is 10.1. The van der Waals surface area contributed by atoms with E-state index in [4.69, 9.17) is 0 Å². The average molecular weight is 276 g/mol. The summed E-state index contributed by atoms with van der Waals surface area (Å²) in [5.41, 5.74) is 2.21. The molecule has 0 spiro atoms. The van der Waals surface area contributed by atoms with Crippen LogP contribution in [0.1, 0.15) is 30.7 Å². The van der Waals surface area contributed by atoms with Crippen LogP contribution >= 0.6 is 0 Å². The highest BCUT2D eigenvalue weighted by atomic mass is 19.4. The van der Waals surface area contributed by atoms with Crippen LogP contribution < -0.4 is 10.6 Å².